The fraction of sp³-hybridized carbons (Fsp3) is 0.105. The van der Waals surface area contributed by atoms with Crippen LogP contribution in [0.4, 0.5) is 0 Å². The van der Waals surface area contributed by atoms with Crippen molar-refractivity contribution in [1.82, 2.24) is 20.6 Å². The molecule has 1 unspecified atom stereocenters. The number of imidazole rings is 1. The van der Waals surface area contributed by atoms with Gasteiger partial charge in [-0.25, -0.2) is 9.98 Å². The smallest absolute Gasteiger partial charge is 0.276 e. The number of aliphatic imine (C=N–C) groups is 1. The third kappa shape index (κ3) is 3.33. The summed E-state index contributed by atoms with van der Waals surface area (Å²) in [5.74, 6) is 0.0425. The third-order valence-corrected chi connectivity index (χ3v) is 4.09. The highest BCUT2D eigenvalue weighted by molar-refractivity contribution is 6.13. The predicted octanol–water partition coefficient (Wildman–Crippen LogP) is 1.71. The number of aliphatic hydroxyl groups is 1. The van der Waals surface area contributed by atoms with Gasteiger partial charge in [-0.15, -0.1) is 0 Å². The normalized spacial score (nSPS) is 16.6. The standard InChI is InChI=1S/C19H17N5O2/c25-17(13-4-2-1-3-5-13)10-20-19-23-16(18(26)24-19)9-12-6-7-14-15(8-12)22-11-21-14/h1-9,11,17,25H,10H2,(H,21,22)(H2,20,23,24,26)/b16-9-. The highest BCUT2D eigenvalue weighted by Crippen LogP contribution is 2.16. The summed E-state index contributed by atoms with van der Waals surface area (Å²) in [7, 11) is 0. The van der Waals surface area contributed by atoms with E-state index in [9.17, 15) is 9.90 Å². The predicted molar refractivity (Wildman–Crippen MR) is 99.1 cm³/mol. The van der Waals surface area contributed by atoms with Crippen molar-refractivity contribution < 1.29 is 9.90 Å². The molecule has 1 atom stereocenters. The topological polar surface area (TPSA) is 102 Å². The molecule has 2 aromatic carbocycles. The number of aromatic amines is 1. The third-order valence-electron chi connectivity index (χ3n) is 4.09. The van der Waals surface area contributed by atoms with Crippen molar-refractivity contribution in [2.75, 3.05) is 6.54 Å². The van der Waals surface area contributed by atoms with Crippen molar-refractivity contribution in [2.24, 2.45) is 4.99 Å². The Labute approximate surface area is 149 Å². The van der Waals surface area contributed by atoms with Crippen molar-refractivity contribution >= 4 is 29.0 Å². The molecule has 1 aliphatic rings. The Morgan fingerprint density at radius 1 is 1.19 bits per heavy atom. The summed E-state index contributed by atoms with van der Waals surface area (Å²) in [5.41, 5.74) is 3.70. The number of benzene rings is 2. The van der Waals surface area contributed by atoms with Gasteiger partial charge in [-0.05, 0) is 29.3 Å². The monoisotopic (exact) mass is 347 g/mol. The van der Waals surface area contributed by atoms with Gasteiger partial charge in [0, 0.05) is 6.54 Å². The Morgan fingerprint density at radius 3 is 2.88 bits per heavy atom. The number of nitrogens with zero attached hydrogens (tertiary/aromatic N) is 2. The number of fused-ring (bicyclic) bond motifs is 1. The molecule has 1 aliphatic heterocycles. The van der Waals surface area contributed by atoms with Gasteiger partial charge in [0.05, 0.1) is 23.5 Å². The van der Waals surface area contributed by atoms with Crippen molar-refractivity contribution in [3.05, 3.63) is 71.7 Å². The van der Waals surface area contributed by atoms with E-state index in [-0.39, 0.29) is 12.5 Å². The second kappa shape index (κ2) is 6.81. The number of nitrogens with one attached hydrogen (secondary N) is 3. The van der Waals surface area contributed by atoms with E-state index in [2.05, 4.69) is 25.6 Å². The summed E-state index contributed by atoms with van der Waals surface area (Å²) in [6.45, 7) is 0.246. The van der Waals surface area contributed by atoms with Gasteiger partial charge in [-0.3, -0.25) is 10.1 Å². The first kappa shape index (κ1) is 16.0. The fourth-order valence-corrected chi connectivity index (χ4v) is 2.74. The van der Waals surface area contributed by atoms with Gasteiger partial charge in [-0.1, -0.05) is 36.4 Å². The van der Waals surface area contributed by atoms with Crippen LogP contribution in [0, 0.1) is 0 Å². The molecule has 4 rings (SSSR count). The SMILES string of the molecule is O=C1NC(NCC(O)c2ccccc2)=N/C1=C\c1ccc2[nH]cnc2c1. The van der Waals surface area contributed by atoms with Gasteiger partial charge in [0.25, 0.3) is 5.91 Å². The van der Waals surface area contributed by atoms with Crippen LogP contribution in [0.15, 0.2) is 65.5 Å². The molecule has 1 aromatic heterocycles. The molecule has 1 amide bonds. The van der Waals surface area contributed by atoms with E-state index in [1.165, 1.54) is 0 Å². The zero-order valence-electron chi connectivity index (χ0n) is 13.8. The van der Waals surface area contributed by atoms with E-state index in [0.717, 1.165) is 22.2 Å². The van der Waals surface area contributed by atoms with Gasteiger partial charge < -0.3 is 15.4 Å². The molecule has 7 heteroatoms. The molecule has 130 valence electrons. The maximum absolute atomic E-state index is 12.1. The quantitative estimate of drug-likeness (QED) is 0.540. The van der Waals surface area contributed by atoms with Crippen molar-refractivity contribution in [1.29, 1.82) is 0 Å². The first-order chi connectivity index (χ1) is 12.7. The molecule has 0 saturated carbocycles. The van der Waals surface area contributed by atoms with Crippen LogP contribution >= 0.6 is 0 Å². The number of amides is 1. The van der Waals surface area contributed by atoms with Gasteiger partial charge >= 0.3 is 0 Å². The van der Waals surface area contributed by atoms with Crippen LogP contribution in [-0.4, -0.2) is 33.5 Å². The van der Waals surface area contributed by atoms with E-state index in [0.29, 0.717) is 11.7 Å². The highest BCUT2D eigenvalue weighted by Gasteiger charge is 2.20. The van der Waals surface area contributed by atoms with Gasteiger partial charge in [0.1, 0.15) is 5.70 Å². The molecule has 26 heavy (non-hydrogen) atoms. The van der Waals surface area contributed by atoms with Crippen molar-refractivity contribution in [2.45, 2.75) is 6.10 Å². The Balaban J connectivity index is 1.46. The molecule has 2 heterocycles. The number of carbonyl (C=O) groups is 1. The summed E-state index contributed by atoms with van der Waals surface area (Å²) in [5, 5.41) is 15.8. The van der Waals surface area contributed by atoms with E-state index in [4.69, 9.17) is 0 Å². The van der Waals surface area contributed by atoms with Crippen molar-refractivity contribution in [3.8, 4) is 0 Å². The van der Waals surface area contributed by atoms with Crippen LogP contribution in [0.5, 0.6) is 0 Å². The molecule has 0 bridgehead atoms. The van der Waals surface area contributed by atoms with Crippen LogP contribution in [0.1, 0.15) is 17.2 Å². The van der Waals surface area contributed by atoms with Crippen LogP contribution in [0.2, 0.25) is 0 Å². The first-order valence-electron chi connectivity index (χ1n) is 8.21. The molecule has 4 N–H and O–H groups in total. The van der Waals surface area contributed by atoms with Gasteiger partial charge in [0.15, 0.2) is 0 Å². The number of guanidine groups is 1. The number of hydrogen-bond acceptors (Lipinski definition) is 5. The Kier molecular flexibility index (Phi) is 4.20. The van der Waals surface area contributed by atoms with E-state index in [1.807, 2.05) is 48.5 Å². The lowest BCUT2D eigenvalue weighted by atomic mass is 10.1. The van der Waals surface area contributed by atoms with Crippen LogP contribution in [-0.2, 0) is 4.79 Å². The highest BCUT2D eigenvalue weighted by atomic mass is 16.3. The van der Waals surface area contributed by atoms with E-state index in [1.54, 1.807) is 12.4 Å². The summed E-state index contributed by atoms with van der Waals surface area (Å²) in [6, 6.07) is 15.0. The summed E-state index contributed by atoms with van der Waals surface area (Å²) >= 11 is 0. The van der Waals surface area contributed by atoms with Gasteiger partial charge in [-0.2, -0.15) is 0 Å². The summed E-state index contributed by atoms with van der Waals surface area (Å²) in [4.78, 5) is 23.6. The number of aromatic nitrogens is 2. The Hall–Kier alpha value is -3.45. The average Bonchev–Trinajstić information content (AvgIpc) is 3.27. The molecule has 3 aromatic rings. The zero-order valence-corrected chi connectivity index (χ0v) is 13.8. The van der Waals surface area contributed by atoms with Crippen LogP contribution in [0.3, 0.4) is 0 Å². The lowest BCUT2D eigenvalue weighted by molar-refractivity contribution is -0.115. The molecule has 0 fully saturated rings. The second-order valence-electron chi connectivity index (χ2n) is 5.93. The lowest BCUT2D eigenvalue weighted by Gasteiger charge is -2.12. The molecule has 7 nitrogen and oxygen atoms in total. The van der Waals surface area contributed by atoms with Crippen LogP contribution < -0.4 is 10.6 Å². The molecular weight excluding hydrogens is 330 g/mol. The van der Waals surface area contributed by atoms with E-state index < -0.39 is 6.10 Å². The minimum Gasteiger partial charge on any atom is -0.387 e. The molecule has 0 radical (unpaired) electrons. The van der Waals surface area contributed by atoms with Gasteiger partial charge in [0.2, 0.25) is 5.96 Å². The van der Waals surface area contributed by atoms with E-state index >= 15 is 0 Å². The molecule has 0 spiro atoms. The number of aliphatic hydroxyl groups excluding tert-OH is 1. The minimum absolute atomic E-state index is 0.246. The second-order valence-corrected chi connectivity index (χ2v) is 5.93. The number of carbonyl (C=O) groups excluding carboxylic acids is 1. The maximum atomic E-state index is 12.1. The number of rotatable bonds is 4. The first-order valence-corrected chi connectivity index (χ1v) is 8.21. The Bertz CT molecular complexity index is 1010. The summed E-state index contributed by atoms with van der Waals surface area (Å²) < 4.78 is 0. The van der Waals surface area contributed by atoms with Crippen LogP contribution in [0.25, 0.3) is 17.1 Å². The molecule has 0 aliphatic carbocycles. The fourth-order valence-electron chi connectivity index (χ4n) is 2.74. The number of hydrogen-bond donors (Lipinski definition) is 4. The maximum Gasteiger partial charge on any atom is 0.276 e. The Morgan fingerprint density at radius 2 is 2.04 bits per heavy atom. The minimum atomic E-state index is -0.689. The van der Waals surface area contributed by atoms with Crippen molar-refractivity contribution in [3.63, 3.8) is 0 Å². The summed E-state index contributed by atoms with van der Waals surface area (Å²) in [6.07, 6.45) is 2.64. The molecular formula is C19H17N5O2. The zero-order chi connectivity index (χ0) is 17.9. The average molecular weight is 347 g/mol. The largest absolute Gasteiger partial charge is 0.387 e. The molecule has 0 saturated heterocycles. The lowest BCUT2D eigenvalue weighted by Crippen LogP contribution is -2.38. The number of H-pyrrole nitrogens is 1.